The number of ether oxygens (including phenoxy) is 1. The van der Waals surface area contributed by atoms with Crippen molar-refractivity contribution in [2.24, 2.45) is 10.6 Å². The Balaban J connectivity index is 0.00000117. The van der Waals surface area contributed by atoms with Crippen molar-refractivity contribution >= 4 is 23.8 Å². The molecule has 0 amide bonds. The molecule has 0 aliphatic carbocycles. The first kappa shape index (κ1) is 21.6. The van der Waals surface area contributed by atoms with E-state index in [1.165, 1.54) is 0 Å². The van der Waals surface area contributed by atoms with Crippen molar-refractivity contribution in [2.45, 2.75) is 33.1 Å². The Kier molecular flexibility index (Phi) is 7.16. The third-order valence-corrected chi connectivity index (χ3v) is 5.67. The molecule has 0 unspecified atom stereocenters. The Labute approximate surface area is 176 Å². The van der Waals surface area contributed by atoms with Gasteiger partial charge in [0.05, 0.1) is 12.0 Å². The smallest absolute Gasteiger partial charge is 0.141 e. The van der Waals surface area contributed by atoms with Crippen LogP contribution in [0.1, 0.15) is 32.3 Å². The Hall–Kier alpha value is -2.09. The molecule has 1 aliphatic heterocycles. The number of hydrogen-bond donors (Lipinski definition) is 4. The highest BCUT2D eigenvalue weighted by Crippen LogP contribution is 2.36. The molecule has 3 heterocycles. The van der Waals surface area contributed by atoms with E-state index in [0.717, 1.165) is 59.4 Å². The van der Waals surface area contributed by atoms with Crippen LogP contribution in [-0.4, -0.2) is 29.7 Å². The van der Waals surface area contributed by atoms with Gasteiger partial charge in [-0.2, -0.15) is 0 Å². The Bertz CT molecular complexity index is 953. The van der Waals surface area contributed by atoms with Crippen LogP contribution in [0.25, 0.3) is 22.2 Å². The van der Waals surface area contributed by atoms with Crippen LogP contribution in [0.15, 0.2) is 36.7 Å². The molecule has 2 aromatic heterocycles. The fraction of sp³-hybridized carbons (Fsp3) is 0.409. The summed E-state index contributed by atoms with van der Waals surface area (Å²) >= 11 is 3.03. The van der Waals surface area contributed by atoms with Crippen LogP contribution < -0.4 is 15.2 Å². The van der Waals surface area contributed by atoms with Gasteiger partial charge in [0.15, 0.2) is 0 Å². The van der Waals surface area contributed by atoms with Gasteiger partial charge >= 0.3 is 0 Å². The summed E-state index contributed by atoms with van der Waals surface area (Å²) in [6, 6.07) is 7.33. The van der Waals surface area contributed by atoms with Gasteiger partial charge in [0.1, 0.15) is 17.2 Å². The zero-order chi connectivity index (χ0) is 20.9. The second-order valence-electron chi connectivity index (χ2n) is 7.74. The summed E-state index contributed by atoms with van der Waals surface area (Å²) < 4.78 is 20.6. The van der Waals surface area contributed by atoms with Gasteiger partial charge in [-0.25, -0.2) is 9.37 Å². The molecule has 1 fully saturated rings. The maximum absolute atomic E-state index is 14.3. The minimum absolute atomic E-state index is 0.169. The summed E-state index contributed by atoms with van der Waals surface area (Å²) in [4.78, 5) is 7.62. The average molecular weight is 417 g/mol. The molecule has 4 rings (SSSR count). The first-order chi connectivity index (χ1) is 14.1. The number of nitrogens with one attached hydrogen (secondary N) is 2. The number of thiol groups is 1. The van der Waals surface area contributed by atoms with Crippen LogP contribution in [-0.2, 0) is 6.42 Å². The number of aromatic amines is 1. The zero-order valence-corrected chi connectivity index (χ0v) is 17.9. The van der Waals surface area contributed by atoms with Crippen molar-refractivity contribution in [3.63, 3.8) is 0 Å². The number of piperidine rings is 1. The van der Waals surface area contributed by atoms with E-state index in [0.29, 0.717) is 13.0 Å². The van der Waals surface area contributed by atoms with Gasteiger partial charge in [0, 0.05) is 23.4 Å². The highest BCUT2D eigenvalue weighted by atomic mass is 32.1. The topological polar surface area (TPSA) is 76.0 Å². The van der Waals surface area contributed by atoms with Gasteiger partial charge in [-0.3, -0.25) is 5.14 Å². The summed E-state index contributed by atoms with van der Waals surface area (Å²) in [5.74, 6) is 0.633. The average Bonchev–Trinajstić information content (AvgIpc) is 3.19. The van der Waals surface area contributed by atoms with E-state index < -0.39 is 0 Å². The number of nitrogens with two attached hydrogens (primary N) is 1. The van der Waals surface area contributed by atoms with E-state index in [-0.39, 0.29) is 11.2 Å². The van der Waals surface area contributed by atoms with Gasteiger partial charge in [-0.15, -0.1) is 12.8 Å². The number of aromatic nitrogens is 2. The lowest BCUT2D eigenvalue weighted by molar-refractivity contribution is 0.124. The second-order valence-corrected chi connectivity index (χ2v) is 7.74. The van der Waals surface area contributed by atoms with E-state index in [2.05, 4.69) is 40.2 Å². The number of H-pyrrole nitrogens is 1. The summed E-state index contributed by atoms with van der Waals surface area (Å²) in [6.45, 7) is 6.97. The number of pyridine rings is 1. The molecule has 0 saturated carbocycles. The standard InChI is InChI=1S/C22H26FN3O.H3NS/c1-3-15-4-5-16(12-18(15)23)17-13-26-21-20(17)19(6-9-25-21)27-14-22(2)7-10-24-11-8-22;1-2/h4-6,9,12-13,24H,3,7-8,10-11,14H2,1-2H3,(H,25,26);2H,1H2. The molecular weight excluding hydrogens is 387 g/mol. The monoisotopic (exact) mass is 416 g/mol. The molecule has 29 heavy (non-hydrogen) atoms. The molecule has 1 aliphatic rings. The number of halogens is 1. The molecule has 1 aromatic carbocycles. The lowest BCUT2D eigenvalue weighted by atomic mass is 9.82. The predicted molar refractivity (Wildman–Crippen MR) is 120 cm³/mol. The van der Waals surface area contributed by atoms with Crippen LogP contribution >= 0.6 is 12.8 Å². The third-order valence-electron chi connectivity index (χ3n) is 5.67. The summed E-state index contributed by atoms with van der Waals surface area (Å²) in [5.41, 5.74) is 3.42. The van der Waals surface area contributed by atoms with Crippen molar-refractivity contribution in [2.75, 3.05) is 19.7 Å². The summed E-state index contributed by atoms with van der Waals surface area (Å²) in [6.07, 6.45) is 6.53. The van der Waals surface area contributed by atoms with Crippen molar-refractivity contribution in [3.05, 3.63) is 48.0 Å². The SMILES string of the molecule is CCc1ccc(-c2c[nH]c3nccc(OCC4(C)CCNCC4)c23)cc1F.NS. The molecule has 0 radical (unpaired) electrons. The van der Waals surface area contributed by atoms with E-state index in [1.54, 1.807) is 12.3 Å². The first-order valence-corrected chi connectivity index (χ1v) is 10.5. The minimum Gasteiger partial charge on any atom is -0.492 e. The van der Waals surface area contributed by atoms with Crippen LogP contribution in [0.3, 0.4) is 0 Å². The second kappa shape index (κ2) is 9.61. The van der Waals surface area contributed by atoms with Gasteiger partial charge < -0.3 is 15.0 Å². The van der Waals surface area contributed by atoms with Crippen molar-refractivity contribution < 1.29 is 9.13 Å². The lowest BCUT2D eigenvalue weighted by Gasteiger charge is -2.33. The molecule has 3 aromatic rings. The van der Waals surface area contributed by atoms with Crippen LogP contribution in [0.4, 0.5) is 4.39 Å². The highest BCUT2D eigenvalue weighted by molar-refractivity contribution is 7.77. The van der Waals surface area contributed by atoms with Gasteiger partial charge in [-0.1, -0.05) is 26.0 Å². The van der Waals surface area contributed by atoms with Crippen LogP contribution in [0, 0.1) is 11.2 Å². The molecule has 5 nitrogen and oxygen atoms in total. The van der Waals surface area contributed by atoms with E-state index in [4.69, 9.17) is 4.74 Å². The van der Waals surface area contributed by atoms with Gasteiger partial charge in [-0.05, 0) is 55.6 Å². The maximum Gasteiger partial charge on any atom is 0.141 e. The Morgan fingerprint density at radius 1 is 1.24 bits per heavy atom. The predicted octanol–water partition coefficient (Wildman–Crippen LogP) is 4.49. The Morgan fingerprint density at radius 2 is 2.00 bits per heavy atom. The number of benzene rings is 1. The number of nitrogens with zero attached hydrogens (tertiary/aromatic N) is 1. The maximum atomic E-state index is 14.3. The summed E-state index contributed by atoms with van der Waals surface area (Å²) in [7, 11) is 0. The molecule has 156 valence electrons. The molecule has 0 spiro atoms. The molecular formula is C22H29FN4OS. The van der Waals surface area contributed by atoms with Gasteiger partial charge in [0.25, 0.3) is 0 Å². The summed E-state index contributed by atoms with van der Waals surface area (Å²) in [5, 5.41) is 8.51. The molecule has 7 heteroatoms. The molecule has 1 saturated heterocycles. The number of hydrogen-bond acceptors (Lipinski definition) is 5. The van der Waals surface area contributed by atoms with Crippen LogP contribution in [0.5, 0.6) is 5.75 Å². The highest BCUT2D eigenvalue weighted by Gasteiger charge is 2.28. The van der Waals surface area contributed by atoms with Crippen molar-refractivity contribution in [1.82, 2.24) is 15.3 Å². The normalized spacial score (nSPS) is 15.6. The Morgan fingerprint density at radius 3 is 2.69 bits per heavy atom. The van der Waals surface area contributed by atoms with E-state index in [1.807, 2.05) is 31.3 Å². The largest absolute Gasteiger partial charge is 0.492 e. The number of rotatable bonds is 5. The fourth-order valence-corrected chi connectivity index (χ4v) is 3.80. The number of fused-ring (bicyclic) bond motifs is 1. The van der Waals surface area contributed by atoms with E-state index >= 15 is 0 Å². The zero-order valence-electron chi connectivity index (χ0n) is 17.0. The van der Waals surface area contributed by atoms with Crippen molar-refractivity contribution in [1.29, 1.82) is 0 Å². The minimum atomic E-state index is -0.169. The van der Waals surface area contributed by atoms with Crippen LogP contribution in [0.2, 0.25) is 0 Å². The molecule has 0 atom stereocenters. The fourth-order valence-electron chi connectivity index (χ4n) is 3.80. The number of aryl methyl sites for hydroxylation is 1. The first-order valence-electron chi connectivity index (χ1n) is 9.94. The quantitative estimate of drug-likeness (QED) is 0.462. The molecule has 0 bridgehead atoms. The lowest BCUT2D eigenvalue weighted by Crippen LogP contribution is -2.38. The van der Waals surface area contributed by atoms with Crippen molar-refractivity contribution in [3.8, 4) is 16.9 Å². The van der Waals surface area contributed by atoms with E-state index in [9.17, 15) is 4.39 Å². The third kappa shape index (κ3) is 4.74. The molecule has 4 N–H and O–H groups in total. The van der Waals surface area contributed by atoms with Gasteiger partial charge in [0.2, 0.25) is 0 Å².